The number of nitrogens with zero attached hydrogens (tertiary/aromatic N) is 1. The average Bonchev–Trinajstić information content (AvgIpc) is 3.31. The van der Waals surface area contributed by atoms with Crippen LogP contribution >= 0.6 is 11.3 Å². The lowest BCUT2D eigenvalue weighted by Gasteiger charge is -2.27. The predicted molar refractivity (Wildman–Crippen MR) is 147 cm³/mol. The van der Waals surface area contributed by atoms with Crippen LogP contribution in [-0.4, -0.2) is 62.4 Å². The normalized spacial score (nSPS) is 14.1. The van der Waals surface area contributed by atoms with Gasteiger partial charge >= 0.3 is 0 Å². The number of aliphatic hydroxyl groups is 1. The summed E-state index contributed by atoms with van der Waals surface area (Å²) in [6.07, 6.45) is 0. The Morgan fingerprint density at radius 2 is 1.84 bits per heavy atom. The number of morpholine rings is 1. The molecule has 2 heterocycles. The number of hydrogen-bond donors (Lipinski definition) is 1. The Labute approximate surface area is 221 Å². The molecule has 37 heavy (non-hydrogen) atoms. The molecule has 0 atom stereocenters. The van der Waals surface area contributed by atoms with Crippen LogP contribution in [0.1, 0.15) is 27.0 Å². The summed E-state index contributed by atoms with van der Waals surface area (Å²) in [6, 6.07) is 19.7. The maximum Gasteiger partial charge on any atom is 0.195 e. The molecule has 0 unspecified atom stereocenters. The highest BCUT2D eigenvalue weighted by atomic mass is 32.1. The lowest BCUT2D eigenvalue weighted by Crippen LogP contribution is -2.35. The smallest absolute Gasteiger partial charge is 0.195 e. The minimum absolute atomic E-state index is 0.0260. The third-order valence-electron chi connectivity index (χ3n) is 6.60. The molecule has 0 spiro atoms. The Morgan fingerprint density at radius 1 is 1.05 bits per heavy atom. The van der Waals surface area contributed by atoms with Crippen LogP contribution in [0.4, 0.5) is 0 Å². The number of ketones is 1. The summed E-state index contributed by atoms with van der Waals surface area (Å²) in [5.41, 5.74) is 4.47. The maximum absolute atomic E-state index is 14.0. The van der Waals surface area contributed by atoms with Gasteiger partial charge in [-0.05, 0) is 54.4 Å². The minimum atomic E-state index is -0.0369. The second-order valence-electron chi connectivity index (χ2n) is 9.15. The first-order valence-electron chi connectivity index (χ1n) is 12.5. The second kappa shape index (κ2) is 11.4. The lowest BCUT2D eigenvalue weighted by molar-refractivity contribution is 0.0339. The van der Waals surface area contributed by atoms with E-state index in [9.17, 15) is 4.79 Å². The van der Waals surface area contributed by atoms with Crippen LogP contribution in [0.3, 0.4) is 0 Å². The monoisotopic (exact) mass is 517 g/mol. The third kappa shape index (κ3) is 5.55. The van der Waals surface area contributed by atoms with Crippen LogP contribution in [0.25, 0.3) is 20.5 Å². The Hall–Kier alpha value is -3.23. The molecule has 7 heteroatoms. The zero-order chi connectivity index (χ0) is 25.8. The van der Waals surface area contributed by atoms with Crippen molar-refractivity contribution in [2.24, 2.45) is 0 Å². The van der Waals surface area contributed by atoms with Gasteiger partial charge in [0.15, 0.2) is 5.78 Å². The molecule has 192 valence electrons. The summed E-state index contributed by atoms with van der Waals surface area (Å²) >= 11 is 1.62. The average molecular weight is 518 g/mol. The Morgan fingerprint density at radius 3 is 2.57 bits per heavy atom. The molecule has 1 aliphatic heterocycles. The molecule has 3 aromatic carbocycles. The van der Waals surface area contributed by atoms with Crippen LogP contribution in [-0.2, 0) is 11.3 Å². The summed E-state index contributed by atoms with van der Waals surface area (Å²) in [5, 5.41) is 9.98. The van der Waals surface area contributed by atoms with Gasteiger partial charge in [0.2, 0.25) is 0 Å². The third-order valence-corrected chi connectivity index (χ3v) is 7.80. The van der Waals surface area contributed by atoms with Crippen molar-refractivity contribution in [2.75, 3.05) is 46.6 Å². The fourth-order valence-electron chi connectivity index (χ4n) is 4.66. The van der Waals surface area contributed by atoms with Gasteiger partial charge in [-0.25, -0.2) is 0 Å². The number of fused-ring (bicyclic) bond motifs is 1. The molecular weight excluding hydrogens is 486 g/mol. The molecule has 0 saturated carbocycles. The number of rotatable bonds is 9. The first kappa shape index (κ1) is 25.4. The van der Waals surface area contributed by atoms with Crippen LogP contribution < -0.4 is 9.47 Å². The summed E-state index contributed by atoms with van der Waals surface area (Å²) < 4.78 is 17.8. The highest BCUT2D eigenvalue weighted by Crippen LogP contribution is 2.41. The van der Waals surface area contributed by atoms with Crippen molar-refractivity contribution in [3.63, 3.8) is 0 Å². The number of carbonyl (C=O) groups excluding carboxylic acids is 1. The standard InChI is InChI=1S/C30H31NO5S/c1-20-3-10-25-27(17-20)37-30(21-6-8-24(9-7-21)36-16-13-32)28(25)29(33)22-4-5-23(26(18-22)34-2)19-31-11-14-35-15-12-31/h3-10,17-18,32H,11-16,19H2,1-2H3. The molecule has 0 radical (unpaired) electrons. The fourth-order valence-corrected chi connectivity index (χ4v) is 5.96. The highest BCUT2D eigenvalue weighted by Gasteiger charge is 2.23. The Kier molecular flexibility index (Phi) is 7.86. The van der Waals surface area contributed by atoms with Crippen LogP contribution in [0.5, 0.6) is 11.5 Å². The van der Waals surface area contributed by atoms with E-state index in [1.165, 1.54) is 0 Å². The van der Waals surface area contributed by atoms with E-state index >= 15 is 0 Å². The van der Waals surface area contributed by atoms with Gasteiger partial charge in [0.05, 0.1) is 26.9 Å². The highest BCUT2D eigenvalue weighted by molar-refractivity contribution is 7.22. The number of aliphatic hydroxyl groups excluding tert-OH is 1. The van der Waals surface area contributed by atoms with E-state index in [-0.39, 0.29) is 19.0 Å². The van der Waals surface area contributed by atoms with E-state index in [2.05, 4.69) is 17.9 Å². The van der Waals surface area contributed by atoms with Gasteiger partial charge in [0.25, 0.3) is 0 Å². The molecule has 1 aliphatic rings. The molecule has 5 rings (SSSR count). The van der Waals surface area contributed by atoms with Gasteiger partial charge in [0.1, 0.15) is 18.1 Å². The number of benzene rings is 3. The van der Waals surface area contributed by atoms with Crippen LogP contribution in [0, 0.1) is 6.92 Å². The van der Waals surface area contributed by atoms with Crippen molar-refractivity contribution in [1.82, 2.24) is 4.90 Å². The summed E-state index contributed by atoms with van der Waals surface area (Å²) in [5.74, 6) is 1.38. The van der Waals surface area contributed by atoms with Gasteiger partial charge in [-0.1, -0.05) is 24.3 Å². The molecule has 6 nitrogen and oxygen atoms in total. The number of hydrogen-bond acceptors (Lipinski definition) is 7. The second-order valence-corrected chi connectivity index (χ2v) is 10.2. The van der Waals surface area contributed by atoms with Crippen molar-refractivity contribution in [1.29, 1.82) is 0 Å². The molecule has 1 aromatic heterocycles. The molecule has 4 aromatic rings. The molecule has 0 aliphatic carbocycles. The van der Waals surface area contributed by atoms with Crippen LogP contribution in [0.15, 0.2) is 60.7 Å². The largest absolute Gasteiger partial charge is 0.496 e. The zero-order valence-electron chi connectivity index (χ0n) is 21.2. The predicted octanol–water partition coefficient (Wildman–Crippen LogP) is 5.32. The molecule has 0 bridgehead atoms. The van der Waals surface area contributed by atoms with Gasteiger partial charge < -0.3 is 19.3 Å². The Balaban J connectivity index is 1.52. The SMILES string of the molecule is COc1cc(C(=O)c2c(-c3ccc(OCCO)cc3)sc3cc(C)ccc23)ccc1CN1CCOCC1. The van der Waals surface area contributed by atoms with E-state index in [0.717, 1.165) is 70.3 Å². The number of carbonyl (C=O) groups is 1. The molecule has 1 N–H and O–H groups in total. The van der Waals surface area contributed by atoms with Crippen molar-refractivity contribution >= 4 is 27.2 Å². The number of aryl methyl sites for hydroxylation is 1. The number of methoxy groups -OCH3 is 1. The molecular formula is C30H31NO5S. The first-order valence-corrected chi connectivity index (χ1v) is 13.3. The molecule has 1 fully saturated rings. The van der Waals surface area contributed by atoms with E-state index in [1.807, 2.05) is 54.6 Å². The summed E-state index contributed by atoms with van der Waals surface area (Å²) in [4.78, 5) is 17.3. The minimum Gasteiger partial charge on any atom is -0.496 e. The fraction of sp³-hybridized carbons (Fsp3) is 0.300. The van der Waals surface area contributed by atoms with E-state index in [4.69, 9.17) is 19.3 Å². The van der Waals surface area contributed by atoms with Crippen molar-refractivity contribution in [2.45, 2.75) is 13.5 Å². The van der Waals surface area contributed by atoms with Crippen molar-refractivity contribution in [3.8, 4) is 21.9 Å². The number of ether oxygens (including phenoxy) is 3. The zero-order valence-corrected chi connectivity index (χ0v) is 22.0. The summed E-state index contributed by atoms with van der Waals surface area (Å²) in [7, 11) is 1.65. The van der Waals surface area contributed by atoms with E-state index < -0.39 is 0 Å². The van der Waals surface area contributed by atoms with Gasteiger partial charge in [0, 0.05) is 51.3 Å². The molecule has 1 saturated heterocycles. The van der Waals surface area contributed by atoms with Gasteiger partial charge in [-0.15, -0.1) is 11.3 Å². The Bertz CT molecular complexity index is 1390. The first-order chi connectivity index (χ1) is 18.1. The lowest BCUT2D eigenvalue weighted by atomic mass is 9.96. The molecule has 0 amide bonds. The number of thiophene rings is 1. The van der Waals surface area contributed by atoms with E-state index in [0.29, 0.717) is 16.9 Å². The van der Waals surface area contributed by atoms with Crippen molar-refractivity contribution in [3.05, 3.63) is 82.9 Å². The van der Waals surface area contributed by atoms with Crippen LogP contribution in [0.2, 0.25) is 0 Å². The quantitative estimate of drug-likeness (QED) is 0.303. The van der Waals surface area contributed by atoms with Gasteiger partial charge in [-0.2, -0.15) is 0 Å². The van der Waals surface area contributed by atoms with Crippen molar-refractivity contribution < 1.29 is 24.1 Å². The maximum atomic E-state index is 14.0. The topological polar surface area (TPSA) is 68.2 Å². The summed E-state index contributed by atoms with van der Waals surface area (Å²) in [6.45, 7) is 6.28. The van der Waals surface area contributed by atoms with Gasteiger partial charge in [-0.3, -0.25) is 9.69 Å². The van der Waals surface area contributed by atoms with E-state index in [1.54, 1.807) is 18.4 Å².